The number of nitrogens with two attached hydrogens (primary N) is 1. The molecule has 1 aromatic rings. The summed E-state index contributed by atoms with van der Waals surface area (Å²) in [5, 5.41) is 3.05. The zero-order valence-electron chi connectivity index (χ0n) is 16.7. The third kappa shape index (κ3) is 6.02. The van der Waals surface area contributed by atoms with E-state index in [1.165, 1.54) is 4.31 Å². The SMILES string of the molecule is CC(C)CC(C)(CN)NC(=O)CCc1ccc(S(=O)(=O)N2CCCC2)cc1. The van der Waals surface area contributed by atoms with Crippen molar-refractivity contribution in [2.75, 3.05) is 19.6 Å². The fourth-order valence-electron chi connectivity index (χ4n) is 3.65. The van der Waals surface area contributed by atoms with E-state index in [9.17, 15) is 13.2 Å². The summed E-state index contributed by atoms with van der Waals surface area (Å²) in [4.78, 5) is 12.6. The van der Waals surface area contributed by atoms with Gasteiger partial charge in [0.15, 0.2) is 0 Å². The van der Waals surface area contributed by atoms with Crippen LogP contribution in [0.25, 0.3) is 0 Å². The Morgan fingerprint density at radius 2 is 1.81 bits per heavy atom. The van der Waals surface area contributed by atoms with Crippen molar-refractivity contribution >= 4 is 15.9 Å². The van der Waals surface area contributed by atoms with Crippen molar-refractivity contribution in [3.05, 3.63) is 29.8 Å². The lowest BCUT2D eigenvalue weighted by Crippen LogP contribution is -2.52. The van der Waals surface area contributed by atoms with Crippen LogP contribution in [0.2, 0.25) is 0 Å². The molecule has 0 bridgehead atoms. The van der Waals surface area contributed by atoms with Crippen LogP contribution >= 0.6 is 0 Å². The standard InChI is InChI=1S/C20H33N3O3S/c1-16(2)14-20(3,15-21)22-19(24)11-8-17-6-9-18(10-7-17)27(25,26)23-12-4-5-13-23/h6-7,9-10,16H,4-5,8,11-15,21H2,1-3H3,(H,22,24). The quantitative estimate of drug-likeness (QED) is 0.671. The van der Waals surface area contributed by atoms with E-state index in [2.05, 4.69) is 19.2 Å². The van der Waals surface area contributed by atoms with Crippen LogP contribution in [0.5, 0.6) is 0 Å². The summed E-state index contributed by atoms with van der Waals surface area (Å²) in [6.07, 6.45) is 3.60. The van der Waals surface area contributed by atoms with Crippen molar-refractivity contribution in [1.29, 1.82) is 0 Å². The Balaban J connectivity index is 1.92. The number of carbonyl (C=O) groups is 1. The van der Waals surface area contributed by atoms with Crippen LogP contribution in [0.4, 0.5) is 0 Å². The van der Waals surface area contributed by atoms with Gasteiger partial charge in [-0.3, -0.25) is 4.79 Å². The van der Waals surface area contributed by atoms with Gasteiger partial charge in [-0.15, -0.1) is 0 Å². The minimum atomic E-state index is -3.39. The lowest BCUT2D eigenvalue weighted by atomic mass is 9.90. The summed E-state index contributed by atoms with van der Waals surface area (Å²) in [7, 11) is -3.39. The predicted molar refractivity (Wildman–Crippen MR) is 108 cm³/mol. The highest BCUT2D eigenvalue weighted by Gasteiger charge is 2.27. The number of hydrogen-bond donors (Lipinski definition) is 2. The molecular weight excluding hydrogens is 362 g/mol. The third-order valence-corrected chi connectivity index (χ3v) is 6.93. The van der Waals surface area contributed by atoms with Gasteiger partial charge >= 0.3 is 0 Å². The van der Waals surface area contributed by atoms with Crippen LogP contribution in [-0.4, -0.2) is 43.8 Å². The van der Waals surface area contributed by atoms with Gasteiger partial charge < -0.3 is 11.1 Å². The monoisotopic (exact) mass is 395 g/mol. The molecule has 0 spiro atoms. The van der Waals surface area contributed by atoms with E-state index in [-0.39, 0.29) is 11.4 Å². The number of nitrogens with one attached hydrogen (secondary N) is 1. The van der Waals surface area contributed by atoms with Gasteiger partial charge in [-0.2, -0.15) is 4.31 Å². The van der Waals surface area contributed by atoms with Gasteiger partial charge in [0.25, 0.3) is 0 Å². The molecule has 27 heavy (non-hydrogen) atoms. The van der Waals surface area contributed by atoms with Gasteiger partial charge in [0, 0.05) is 31.6 Å². The molecule has 0 radical (unpaired) electrons. The van der Waals surface area contributed by atoms with Crippen LogP contribution < -0.4 is 11.1 Å². The maximum Gasteiger partial charge on any atom is 0.243 e. The van der Waals surface area contributed by atoms with Crippen molar-refractivity contribution < 1.29 is 13.2 Å². The molecule has 0 aliphatic carbocycles. The average Bonchev–Trinajstić information content (AvgIpc) is 3.15. The van der Waals surface area contributed by atoms with Gasteiger partial charge in [0.1, 0.15) is 0 Å². The van der Waals surface area contributed by atoms with Gasteiger partial charge in [-0.25, -0.2) is 8.42 Å². The highest BCUT2D eigenvalue weighted by molar-refractivity contribution is 7.89. The molecule has 1 unspecified atom stereocenters. The Morgan fingerprint density at radius 3 is 2.33 bits per heavy atom. The highest BCUT2D eigenvalue weighted by atomic mass is 32.2. The van der Waals surface area contributed by atoms with Crippen molar-refractivity contribution in [1.82, 2.24) is 9.62 Å². The van der Waals surface area contributed by atoms with Gasteiger partial charge in [0.05, 0.1) is 4.90 Å². The number of nitrogens with zero attached hydrogens (tertiary/aromatic N) is 1. The summed E-state index contributed by atoms with van der Waals surface area (Å²) in [6.45, 7) is 7.79. The Bertz CT molecular complexity index is 725. The Morgan fingerprint density at radius 1 is 1.22 bits per heavy atom. The minimum Gasteiger partial charge on any atom is -0.350 e. The maximum atomic E-state index is 12.5. The molecule has 1 aliphatic rings. The molecule has 0 saturated carbocycles. The molecular formula is C20H33N3O3S. The maximum absolute atomic E-state index is 12.5. The molecule has 2 rings (SSSR count). The molecule has 1 heterocycles. The first-order chi connectivity index (χ1) is 12.7. The smallest absolute Gasteiger partial charge is 0.243 e. The van der Waals surface area contributed by atoms with Crippen LogP contribution in [0.15, 0.2) is 29.2 Å². The predicted octanol–water partition coefficient (Wildman–Crippen LogP) is 2.28. The van der Waals surface area contributed by atoms with Crippen LogP contribution in [0, 0.1) is 5.92 Å². The third-order valence-electron chi connectivity index (χ3n) is 5.02. The van der Waals surface area contributed by atoms with Gasteiger partial charge in [-0.05, 0) is 56.2 Å². The number of aryl methyl sites for hydroxylation is 1. The lowest BCUT2D eigenvalue weighted by Gasteiger charge is -2.31. The first kappa shape index (κ1) is 21.9. The van der Waals surface area contributed by atoms with E-state index in [0.717, 1.165) is 24.8 Å². The number of sulfonamides is 1. The molecule has 1 aliphatic heterocycles. The van der Waals surface area contributed by atoms with Crippen molar-refractivity contribution in [3.63, 3.8) is 0 Å². The van der Waals surface area contributed by atoms with E-state index in [4.69, 9.17) is 5.73 Å². The summed E-state index contributed by atoms with van der Waals surface area (Å²) in [5.74, 6) is 0.418. The van der Waals surface area contributed by atoms with E-state index < -0.39 is 10.0 Å². The van der Waals surface area contributed by atoms with E-state index in [1.807, 2.05) is 6.92 Å². The van der Waals surface area contributed by atoms with Crippen LogP contribution in [0.1, 0.15) is 52.0 Å². The largest absolute Gasteiger partial charge is 0.350 e. The summed E-state index contributed by atoms with van der Waals surface area (Å²) >= 11 is 0. The first-order valence-corrected chi connectivity index (χ1v) is 11.2. The minimum absolute atomic E-state index is 0.0302. The molecule has 1 saturated heterocycles. The second kappa shape index (κ2) is 9.17. The van der Waals surface area contributed by atoms with Gasteiger partial charge in [-0.1, -0.05) is 26.0 Å². The van der Waals surface area contributed by atoms with Crippen molar-refractivity contribution in [2.24, 2.45) is 11.7 Å². The second-order valence-corrected chi connectivity index (χ2v) is 10.1. The lowest BCUT2D eigenvalue weighted by molar-refractivity contribution is -0.122. The number of benzene rings is 1. The second-order valence-electron chi connectivity index (χ2n) is 8.17. The Hall–Kier alpha value is -1.44. The topological polar surface area (TPSA) is 92.5 Å². The van der Waals surface area contributed by atoms with Crippen LogP contribution in [-0.2, 0) is 21.2 Å². The Kier molecular flexibility index (Phi) is 7.42. The number of hydrogen-bond acceptors (Lipinski definition) is 4. The molecule has 152 valence electrons. The number of rotatable bonds is 9. The molecule has 1 atom stereocenters. The molecule has 1 fully saturated rings. The van der Waals surface area contributed by atoms with E-state index in [0.29, 0.717) is 43.3 Å². The van der Waals surface area contributed by atoms with Gasteiger partial charge in [0.2, 0.25) is 15.9 Å². The zero-order chi connectivity index (χ0) is 20.1. The zero-order valence-corrected chi connectivity index (χ0v) is 17.5. The first-order valence-electron chi connectivity index (χ1n) is 9.76. The normalized spacial score (nSPS) is 17.8. The fraction of sp³-hybridized carbons (Fsp3) is 0.650. The molecule has 1 amide bonds. The number of carbonyl (C=O) groups excluding carboxylic acids is 1. The molecule has 1 aromatic carbocycles. The van der Waals surface area contributed by atoms with E-state index >= 15 is 0 Å². The van der Waals surface area contributed by atoms with Crippen molar-refractivity contribution in [2.45, 2.75) is 63.3 Å². The summed E-state index contributed by atoms with van der Waals surface area (Å²) in [6, 6.07) is 6.88. The highest BCUT2D eigenvalue weighted by Crippen LogP contribution is 2.21. The Labute approximate surface area is 163 Å². The molecule has 6 nitrogen and oxygen atoms in total. The van der Waals surface area contributed by atoms with E-state index in [1.54, 1.807) is 24.3 Å². The molecule has 7 heteroatoms. The molecule has 3 N–H and O–H groups in total. The van der Waals surface area contributed by atoms with Crippen molar-refractivity contribution in [3.8, 4) is 0 Å². The van der Waals surface area contributed by atoms with Crippen LogP contribution in [0.3, 0.4) is 0 Å². The summed E-state index contributed by atoms with van der Waals surface area (Å²) in [5.41, 5.74) is 6.40. The average molecular weight is 396 g/mol. The molecule has 0 aromatic heterocycles. The summed E-state index contributed by atoms with van der Waals surface area (Å²) < 4.78 is 26.6. The number of amides is 1. The fourth-order valence-corrected chi connectivity index (χ4v) is 5.17.